The summed E-state index contributed by atoms with van der Waals surface area (Å²) in [5.41, 5.74) is 9.08. The number of fused-ring (bicyclic) bond motifs is 2. The minimum atomic E-state index is 0. The Morgan fingerprint density at radius 2 is 2.14 bits per heavy atom. The van der Waals surface area contributed by atoms with Crippen molar-refractivity contribution < 1.29 is 0 Å². The van der Waals surface area contributed by atoms with Gasteiger partial charge in [0.25, 0.3) is 0 Å². The van der Waals surface area contributed by atoms with Gasteiger partial charge < -0.3 is 10.6 Å². The van der Waals surface area contributed by atoms with Crippen LogP contribution < -0.4 is 10.6 Å². The Hall–Kier alpha value is -2.18. The Labute approximate surface area is 134 Å². The number of para-hydroxylation sites is 1. The van der Waals surface area contributed by atoms with Gasteiger partial charge in [-0.2, -0.15) is 5.10 Å². The number of nitrogens with two attached hydrogens (primary N) is 1. The zero-order valence-electron chi connectivity index (χ0n) is 11.9. The van der Waals surface area contributed by atoms with E-state index in [-0.39, 0.29) is 12.4 Å². The van der Waals surface area contributed by atoms with Crippen molar-refractivity contribution in [1.82, 2.24) is 20.2 Å². The standard InChI is InChI=1S/C15H16N6.ClH/c16-6-5-10-8-21(13-4-2-1-3-11(10)13)15-12-7-19-20-14(12)17-9-18-15;/h1-4,7,9-10H,5-6,8,16H2,(H,17,18,19,20);1H. The third kappa shape index (κ3) is 2.20. The van der Waals surface area contributed by atoms with Gasteiger partial charge in [0, 0.05) is 18.2 Å². The maximum atomic E-state index is 5.76. The van der Waals surface area contributed by atoms with Crippen molar-refractivity contribution in [3.05, 3.63) is 42.4 Å². The highest BCUT2D eigenvalue weighted by Gasteiger charge is 2.30. The number of hydrogen-bond acceptors (Lipinski definition) is 5. The highest BCUT2D eigenvalue weighted by Crippen LogP contribution is 2.42. The molecule has 0 aliphatic carbocycles. The number of nitrogens with zero attached hydrogens (tertiary/aromatic N) is 4. The predicted molar refractivity (Wildman–Crippen MR) is 88.8 cm³/mol. The summed E-state index contributed by atoms with van der Waals surface area (Å²) in [5.74, 6) is 1.35. The molecule has 3 aromatic rings. The number of halogens is 1. The van der Waals surface area contributed by atoms with Crippen LogP contribution in [-0.2, 0) is 0 Å². The van der Waals surface area contributed by atoms with E-state index in [0.717, 1.165) is 29.8 Å². The van der Waals surface area contributed by atoms with Crippen LogP contribution in [0.15, 0.2) is 36.8 Å². The number of rotatable bonds is 3. The highest BCUT2D eigenvalue weighted by molar-refractivity contribution is 5.90. The zero-order valence-corrected chi connectivity index (χ0v) is 12.8. The first kappa shape index (κ1) is 14.7. The zero-order chi connectivity index (χ0) is 14.2. The molecule has 0 radical (unpaired) electrons. The Morgan fingerprint density at radius 3 is 3.00 bits per heavy atom. The van der Waals surface area contributed by atoms with Crippen molar-refractivity contribution in [3.8, 4) is 0 Å². The van der Waals surface area contributed by atoms with Gasteiger partial charge >= 0.3 is 0 Å². The molecule has 2 aromatic heterocycles. The summed E-state index contributed by atoms with van der Waals surface area (Å²) >= 11 is 0. The Bertz CT molecular complexity index is 786. The summed E-state index contributed by atoms with van der Waals surface area (Å²) in [7, 11) is 0. The first-order chi connectivity index (χ1) is 10.4. The molecule has 1 aromatic carbocycles. The molecule has 4 rings (SSSR count). The Kier molecular flexibility index (Phi) is 3.96. The first-order valence-electron chi connectivity index (χ1n) is 7.09. The van der Waals surface area contributed by atoms with E-state index in [4.69, 9.17) is 5.73 Å². The molecule has 22 heavy (non-hydrogen) atoms. The minimum Gasteiger partial charge on any atom is -0.330 e. The number of hydrogen-bond donors (Lipinski definition) is 2. The largest absolute Gasteiger partial charge is 0.330 e. The molecular formula is C15H17ClN6. The Balaban J connectivity index is 0.00000144. The molecule has 114 valence electrons. The second-order valence-electron chi connectivity index (χ2n) is 5.27. The van der Waals surface area contributed by atoms with E-state index in [1.54, 1.807) is 12.5 Å². The summed E-state index contributed by atoms with van der Waals surface area (Å²) in [6.45, 7) is 1.59. The molecule has 1 atom stereocenters. The number of aromatic amines is 1. The van der Waals surface area contributed by atoms with Crippen molar-refractivity contribution in [1.29, 1.82) is 0 Å². The molecule has 0 fully saturated rings. The van der Waals surface area contributed by atoms with Gasteiger partial charge in [-0.25, -0.2) is 9.97 Å². The molecule has 3 heterocycles. The lowest BCUT2D eigenvalue weighted by Gasteiger charge is -2.19. The quantitative estimate of drug-likeness (QED) is 0.775. The number of H-pyrrole nitrogens is 1. The third-order valence-electron chi connectivity index (χ3n) is 4.07. The van der Waals surface area contributed by atoms with E-state index >= 15 is 0 Å². The van der Waals surface area contributed by atoms with Gasteiger partial charge in [0.1, 0.15) is 12.1 Å². The first-order valence-corrected chi connectivity index (χ1v) is 7.09. The maximum Gasteiger partial charge on any atom is 0.160 e. The van der Waals surface area contributed by atoms with Gasteiger partial charge in [0.05, 0.1) is 11.6 Å². The van der Waals surface area contributed by atoms with Crippen LogP contribution in [0.5, 0.6) is 0 Å². The molecule has 0 saturated carbocycles. The van der Waals surface area contributed by atoms with Crippen LogP contribution in [0.2, 0.25) is 0 Å². The van der Waals surface area contributed by atoms with Gasteiger partial charge in [-0.3, -0.25) is 5.10 Å². The fourth-order valence-corrected chi connectivity index (χ4v) is 3.11. The van der Waals surface area contributed by atoms with Gasteiger partial charge in [-0.1, -0.05) is 18.2 Å². The van der Waals surface area contributed by atoms with Gasteiger partial charge in [0.2, 0.25) is 0 Å². The fraction of sp³-hybridized carbons (Fsp3) is 0.267. The van der Waals surface area contributed by atoms with Crippen LogP contribution >= 0.6 is 12.4 Å². The van der Waals surface area contributed by atoms with Crippen molar-refractivity contribution in [2.75, 3.05) is 18.0 Å². The van der Waals surface area contributed by atoms with E-state index < -0.39 is 0 Å². The molecule has 0 saturated heterocycles. The number of benzene rings is 1. The lowest BCUT2D eigenvalue weighted by Crippen LogP contribution is -2.18. The SMILES string of the molecule is Cl.NCCC1CN(c2ncnc3[nH]ncc23)c2ccccc21. The van der Waals surface area contributed by atoms with Crippen molar-refractivity contribution in [2.24, 2.45) is 5.73 Å². The summed E-state index contributed by atoms with van der Waals surface area (Å²) < 4.78 is 0. The van der Waals surface area contributed by atoms with Crippen LogP contribution in [0.4, 0.5) is 11.5 Å². The molecule has 1 aliphatic rings. The van der Waals surface area contributed by atoms with Crippen LogP contribution in [0.3, 0.4) is 0 Å². The van der Waals surface area contributed by atoms with Crippen molar-refractivity contribution >= 4 is 34.9 Å². The lowest BCUT2D eigenvalue weighted by molar-refractivity contribution is 0.667. The van der Waals surface area contributed by atoms with Crippen molar-refractivity contribution in [3.63, 3.8) is 0 Å². The molecule has 1 aliphatic heterocycles. The van der Waals surface area contributed by atoms with Crippen molar-refractivity contribution in [2.45, 2.75) is 12.3 Å². The van der Waals surface area contributed by atoms with Crippen LogP contribution in [0, 0.1) is 0 Å². The monoisotopic (exact) mass is 316 g/mol. The van der Waals surface area contributed by atoms with Crippen LogP contribution in [0.1, 0.15) is 17.9 Å². The molecule has 6 nitrogen and oxygen atoms in total. The summed E-state index contributed by atoms with van der Waals surface area (Å²) in [4.78, 5) is 10.9. The average molecular weight is 317 g/mol. The van der Waals surface area contributed by atoms with E-state index in [0.29, 0.717) is 12.5 Å². The normalized spacial score (nSPS) is 16.6. The number of nitrogens with one attached hydrogen (secondary N) is 1. The maximum absolute atomic E-state index is 5.76. The molecule has 0 amide bonds. The second-order valence-corrected chi connectivity index (χ2v) is 5.27. The fourth-order valence-electron chi connectivity index (χ4n) is 3.11. The molecule has 3 N–H and O–H groups in total. The van der Waals surface area contributed by atoms with Crippen LogP contribution in [0.25, 0.3) is 11.0 Å². The average Bonchev–Trinajstić information content (AvgIpc) is 3.12. The number of aromatic nitrogens is 4. The molecule has 7 heteroatoms. The highest BCUT2D eigenvalue weighted by atomic mass is 35.5. The van der Waals surface area contributed by atoms with E-state index in [1.807, 2.05) is 0 Å². The lowest BCUT2D eigenvalue weighted by atomic mass is 9.98. The third-order valence-corrected chi connectivity index (χ3v) is 4.07. The van der Waals surface area contributed by atoms with Crippen LogP contribution in [-0.4, -0.2) is 33.3 Å². The van der Waals surface area contributed by atoms with E-state index in [9.17, 15) is 0 Å². The molecule has 1 unspecified atom stereocenters. The minimum absolute atomic E-state index is 0. The second kappa shape index (κ2) is 5.90. The number of anilines is 2. The summed E-state index contributed by atoms with van der Waals surface area (Å²) in [6.07, 6.45) is 4.34. The summed E-state index contributed by atoms with van der Waals surface area (Å²) in [6, 6.07) is 8.47. The predicted octanol–water partition coefficient (Wildman–Crippen LogP) is 2.36. The van der Waals surface area contributed by atoms with Gasteiger partial charge in [0.15, 0.2) is 5.65 Å². The van der Waals surface area contributed by atoms with E-state index in [1.165, 1.54) is 11.3 Å². The van der Waals surface area contributed by atoms with Gasteiger partial charge in [-0.05, 0) is 24.6 Å². The van der Waals surface area contributed by atoms with E-state index in [2.05, 4.69) is 49.3 Å². The van der Waals surface area contributed by atoms with Gasteiger partial charge in [-0.15, -0.1) is 12.4 Å². The smallest absolute Gasteiger partial charge is 0.160 e. The molecule has 0 spiro atoms. The molecule has 0 bridgehead atoms. The molecular weight excluding hydrogens is 300 g/mol. The Morgan fingerprint density at radius 1 is 1.27 bits per heavy atom. The topological polar surface area (TPSA) is 83.7 Å². The summed E-state index contributed by atoms with van der Waals surface area (Å²) in [5, 5.41) is 7.91.